The minimum atomic E-state index is 0. The highest BCUT2D eigenvalue weighted by atomic mass is 127. The predicted molar refractivity (Wildman–Crippen MR) is 135 cm³/mol. The van der Waals surface area contributed by atoms with Crippen molar-refractivity contribution in [3.8, 4) is 5.75 Å². The van der Waals surface area contributed by atoms with E-state index in [0.717, 1.165) is 44.4 Å². The first-order valence-corrected chi connectivity index (χ1v) is 10.7. The van der Waals surface area contributed by atoms with Gasteiger partial charge in [0.25, 0.3) is 0 Å². The van der Waals surface area contributed by atoms with Crippen molar-refractivity contribution in [1.82, 2.24) is 10.2 Å². The van der Waals surface area contributed by atoms with Crippen LogP contribution in [-0.4, -0.2) is 57.7 Å². The average Bonchev–Trinajstić information content (AvgIpc) is 3.45. The minimum Gasteiger partial charge on any atom is -0.495 e. The summed E-state index contributed by atoms with van der Waals surface area (Å²) in [6.07, 6.45) is 2.38. The molecule has 2 aliphatic heterocycles. The summed E-state index contributed by atoms with van der Waals surface area (Å²) in [6, 6.07) is 19.2. The van der Waals surface area contributed by atoms with Crippen LogP contribution in [0.15, 0.2) is 59.6 Å². The van der Waals surface area contributed by atoms with E-state index in [1.165, 1.54) is 24.1 Å². The van der Waals surface area contributed by atoms with Crippen LogP contribution in [0.25, 0.3) is 0 Å². The Balaban J connectivity index is 0.00000256. The summed E-state index contributed by atoms with van der Waals surface area (Å²) in [7, 11) is 3.64. The maximum atomic E-state index is 5.54. The molecule has 2 aromatic carbocycles. The third-order valence-corrected chi connectivity index (χ3v) is 6.23. The van der Waals surface area contributed by atoms with Crippen molar-refractivity contribution in [2.24, 2.45) is 10.9 Å². The first-order chi connectivity index (χ1) is 14.3. The summed E-state index contributed by atoms with van der Waals surface area (Å²) in [4.78, 5) is 9.41. The fourth-order valence-corrected chi connectivity index (χ4v) is 4.63. The maximum Gasteiger partial charge on any atom is 0.193 e. The van der Waals surface area contributed by atoms with E-state index < -0.39 is 0 Å². The van der Waals surface area contributed by atoms with E-state index in [1.807, 2.05) is 19.2 Å². The van der Waals surface area contributed by atoms with Crippen LogP contribution in [0.4, 0.5) is 5.69 Å². The second-order valence-corrected chi connectivity index (χ2v) is 8.04. The second-order valence-electron chi connectivity index (χ2n) is 8.04. The smallest absolute Gasteiger partial charge is 0.193 e. The fraction of sp³-hybridized carbons (Fsp3) is 0.458. The average molecular weight is 520 g/mol. The number of likely N-dealkylation sites (tertiary alicyclic amines) is 1. The summed E-state index contributed by atoms with van der Waals surface area (Å²) in [5, 5.41) is 3.64. The molecule has 0 saturated carbocycles. The molecule has 162 valence electrons. The van der Waals surface area contributed by atoms with Crippen LogP contribution in [0, 0.1) is 5.92 Å². The van der Waals surface area contributed by atoms with Gasteiger partial charge >= 0.3 is 0 Å². The van der Waals surface area contributed by atoms with Crippen LogP contribution in [0.2, 0.25) is 0 Å². The van der Waals surface area contributed by atoms with Crippen molar-refractivity contribution in [2.75, 3.05) is 51.8 Å². The van der Waals surface area contributed by atoms with Gasteiger partial charge in [-0.3, -0.25) is 4.99 Å². The van der Waals surface area contributed by atoms with Gasteiger partial charge in [0, 0.05) is 45.7 Å². The molecule has 2 atom stereocenters. The summed E-state index contributed by atoms with van der Waals surface area (Å²) in [5.41, 5.74) is 2.64. The molecule has 0 aliphatic carbocycles. The number of rotatable bonds is 5. The third-order valence-electron chi connectivity index (χ3n) is 6.23. The molecule has 2 heterocycles. The molecule has 2 unspecified atom stereocenters. The molecule has 2 aromatic rings. The van der Waals surface area contributed by atoms with Crippen molar-refractivity contribution in [2.45, 2.75) is 18.8 Å². The second kappa shape index (κ2) is 10.9. The van der Waals surface area contributed by atoms with Gasteiger partial charge in [0.15, 0.2) is 5.96 Å². The van der Waals surface area contributed by atoms with Gasteiger partial charge in [0.1, 0.15) is 5.75 Å². The van der Waals surface area contributed by atoms with Crippen molar-refractivity contribution >= 4 is 35.6 Å². The number of hydrogen-bond acceptors (Lipinski definition) is 3. The SMILES string of the molecule is CN=C(NCC1CCN(c2ccccc2OC)C1)N1CCC(c2ccccc2)C1.I. The van der Waals surface area contributed by atoms with Gasteiger partial charge < -0.3 is 19.9 Å². The molecule has 6 heteroatoms. The summed E-state index contributed by atoms with van der Waals surface area (Å²) in [5.74, 6) is 3.21. The molecule has 2 aliphatic rings. The van der Waals surface area contributed by atoms with Crippen LogP contribution in [0.5, 0.6) is 5.75 Å². The topological polar surface area (TPSA) is 40.1 Å². The number of hydrogen-bond donors (Lipinski definition) is 1. The lowest BCUT2D eigenvalue weighted by Gasteiger charge is -2.24. The molecule has 5 nitrogen and oxygen atoms in total. The highest BCUT2D eigenvalue weighted by Gasteiger charge is 2.28. The first-order valence-electron chi connectivity index (χ1n) is 10.7. The van der Waals surface area contributed by atoms with Crippen molar-refractivity contribution in [3.63, 3.8) is 0 Å². The lowest BCUT2D eigenvalue weighted by atomic mass is 9.99. The zero-order chi connectivity index (χ0) is 20.1. The number of methoxy groups -OCH3 is 1. The van der Waals surface area contributed by atoms with Crippen LogP contribution >= 0.6 is 24.0 Å². The van der Waals surface area contributed by atoms with E-state index in [4.69, 9.17) is 4.74 Å². The lowest BCUT2D eigenvalue weighted by molar-refractivity contribution is 0.414. The quantitative estimate of drug-likeness (QED) is 0.365. The summed E-state index contributed by atoms with van der Waals surface area (Å²) < 4.78 is 5.54. The van der Waals surface area contributed by atoms with Crippen LogP contribution in [0.3, 0.4) is 0 Å². The number of nitrogens with one attached hydrogen (secondary N) is 1. The zero-order valence-corrected chi connectivity index (χ0v) is 20.3. The number of nitrogens with zero attached hydrogens (tertiary/aromatic N) is 3. The van der Waals surface area contributed by atoms with Gasteiger partial charge in [-0.25, -0.2) is 0 Å². The molecule has 2 fully saturated rings. The third kappa shape index (κ3) is 5.20. The first kappa shape index (κ1) is 22.7. The van der Waals surface area contributed by atoms with Gasteiger partial charge in [-0.15, -0.1) is 24.0 Å². The molecule has 0 amide bonds. The number of ether oxygens (including phenoxy) is 1. The van der Waals surface area contributed by atoms with E-state index in [-0.39, 0.29) is 24.0 Å². The van der Waals surface area contributed by atoms with E-state index in [0.29, 0.717) is 11.8 Å². The molecule has 0 spiro atoms. The molecular weight excluding hydrogens is 487 g/mol. The maximum absolute atomic E-state index is 5.54. The van der Waals surface area contributed by atoms with Gasteiger partial charge in [-0.1, -0.05) is 42.5 Å². The standard InChI is InChI=1S/C24H32N4O.HI/c1-25-24(28-15-13-21(18-28)20-8-4-3-5-9-20)26-16-19-12-14-27(17-19)22-10-6-7-11-23(22)29-2;/h3-11,19,21H,12-18H2,1-2H3,(H,25,26);1H. The van der Waals surface area contributed by atoms with Gasteiger partial charge in [-0.05, 0) is 36.5 Å². The normalized spacial score (nSPS) is 21.5. The minimum absolute atomic E-state index is 0. The van der Waals surface area contributed by atoms with Crippen LogP contribution in [-0.2, 0) is 0 Å². The summed E-state index contributed by atoms with van der Waals surface area (Å²) in [6.45, 7) is 5.20. The Hall–Kier alpha value is -1.96. The van der Waals surface area contributed by atoms with E-state index in [2.05, 4.69) is 62.6 Å². The monoisotopic (exact) mass is 520 g/mol. The van der Waals surface area contributed by atoms with Crippen molar-refractivity contribution < 1.29 is 4.74 Å². The Kier molecular flexibility index (Phi) is 8.24. The van der Waals surface area contributed by atoms with Crippen LogP contribution in [0.1, 0.15) is 24.3 Å². The highest BCUT2D eigenvalue weighted by Crippen LogP contribution is 2.32. The lowest BCUT2D eigenvalue weighted by Crippen LogP contribution is -2.42. The largest absolute Gasteiger partial charge is 0.495 e. The Labute approximate surface area is 197 Å². The molecule has 0 bridgehead atoms. The number of anilines is 1. The van der Waals surface area contributed by atoms with E-state index in [1.54, 1.807) is 7.11 Å². The number of para-hydroxylation sites is 2. The number of aliphatic imine (C=N–C) groups is 1. The van der Waals surface area contributed by atoms with Crippen molar-refractivity contribution in [3.05, 3.63) is 60.2 Å². The van der Waals surface area contributed by atoms with E-state index >= 15 is 0 Å². The Morgan fingerprint density at radius 3 is 2.57 bits per heavy atom. The highest BCUT2D eigenvalue weighted by molar-refractivity contribution is 14.0. The predicted octanol–water partition coefficient (Wildman–Crippen LogP) is 4.20. The molecule has 0 radical (unpaired) electrons. The van der Waals surface area contributed by atoms with Gasteiger partial charge in [0.05, 0.1) is 12.8 Å². The van der Waals surface area contributed by atoms with Gasteiger partial charge in [-0.2, -0.15) is 0 Å². The molecule has 1 N–H and O–H groups in total. The molecule has 2 saturated heterocycles. The molecule has 4 rings (SSSR count). The van der Waals surface area contributed by atoms with E-state index in [9.17, 15) is 0 Å². The Morgan fingerprint density at radius 1 is 1.03 bits per heavy atom. The summed E-state index contributed by atoms with van der Waals surface area (Å²) >= 11 is 0. The zero-order valence-electron chi connectivity index (χ0n) is 18.0. The van der Waals surface area contributed by atoms with Gasteiger partial charge in [0.2, 0.25) is 0 Å². The number of halogens is 1. The Morgan fingerprint density at radius 2 is 1.80 bits per heavy atom. The Bertz CT molecular complexity index is 829. The van der Waals surface area contributed by atoms with Crippen LogP contribution < -0.4 is 15.0 Å². The number of guanidine groups is 1. The fourth-order valence-electron chi connectivity index (χ4n) is 4.63. The number of benzene rings is 2. The molecule has 0 aromatic heterocycles. The molecule has 30 heavy (non-hydrogen) atoms. The van der Waals surface area contributed by atoms with Crippen molar-refractivity contribution in [1.29, 1.82) is 0 Å². The molecular formula is C24H33IN4O.